The zero-order valence-electron chi connectivity index (χ0n) is 11.0. The van der Waals surface area contributed by atoms with E-state index in [0.717, 1.165) is 12.5 Å². The van der Waals surface area contributed by atoms with Gasteiger partial charge in [-0.25, -0.2) is 0 Å². The van der Waals surface area contributed by atoms with E-state index in [9.17, 15) is 0 Å². The largest absolute Gasteiger partial charge is 0.310 e. The summed E-state index contributed by atoms with van der Waals surface area (Å²) >= 11 is 1.86. The normalized spacial score (nSPS) is 13.3. The first kappa shape index (κ1) is 13.7. The Labute approximate surface area is 104 Å². The summed E-state index contributed by atoms with van der Waals surface area (Å²) in [6.07, 6.45) is 3.77. The van der Waals surface area contributed by atoms with E-state index in [-0.39, 0.29) is 0 Å². The third-order valence-electron chi connectivity index (χ3n) is 2.95. The van der Waals surface area contributed by atoms with Gasteiger partial charge in [-0.1, -0.05) is 20.8 Å². The highest BCUT2D eigenvalue weighted by molar-refractivity contribution is 7.10. The van der Waals surface area contributed by atoms with Crippen molar-refractivity contribution in [1.82, 2.24) is 5.32 Å². The number of rotatable bonds is 7. The van der Waals surface area contributed by atoms with E-state index in [4.69, 9.17) is 0 Å². The second-order valence-corrected chi connectivity index (χ2v) is 6.03. The molecule has 1 N–H and O–H groups in total. The Morgan fingerprint density at radius 1 is 1.31 bits per heavy atom. The van der Waals surface area contributed by atoms with Gasteiger partial charge >= 0.3 is 0 Å². The van der Waals surface area contributed by atoms with Gasteiger partial charge in [0.25, 0.3) is 0 Å². The van der Waals surface area contributed by atoms with Crippen molar-refractivity contribution in [2.45, 2.75) is 53.0 Å². The van der Waals surface area contributed by atoms with Crippen molar-refractivity contribution in [3.05, 3.63) is 21.9 Å². The molecule has 0 saturated carbocycles. The van der Waals surface area contributed by atoms with Crippen molar-refractivity contribution in [1.29, 1.82) is 0 Å². The number of hydrogen-bond donors (Lipinski definition) is 1. The van der Waals surface area contributed by atoms with Crippen LogP contribution in [0.2, 0.25) is 0 Å². The van der Waals surface area contributed by atoms with Crippen LogP contribution in [0.1, 0.15) is 56.5 Å². The molecular weight excluding hydrogens is 214 g/mol. The van der Waals surface area contributed by atoms with Gasteiger partial charge in [0.05, 0.1) is 0 Å². The molecule has 1 atom stereocenters. The summed E-state index contributed by atoms with van der Waals surface area (Å²) in [5.74, 6) is 0.796. The van der Waals surface area contributed by atoms with Crippen LogP contribution in [-0.4, -0.2) is 6.54 Å². The predicted octanol–water partition coefficient (Wildman–Crippen LogP) is 4.53. The van der Waals surface area contributed by atoms with Gasteiger partial charge in [0.15, 0.2) is 0 Å². The molecule has 0 spiro atoms. The SMILES string of the molecule is CCCNC(CCC(C)C)c1ccsc1C. The fraction of sp³-hybridized carbons (Fsp3) is 0.714. The van der Waals surface area contributed by atoms with Crippen molar-refractivity contribution in [2.75, 3.05) is 6.54 Å². The summed E-state index contributed by atoms with van der Waals surface area (Å²) in [5.41, 5.74) is 1.51. The maximum Gasteiger partial charge on any atom is 0.0331 e. The average molecular weight is 239 g/mol. The van der Waals surface area contributed by atoms with Gasteiger partial charge in [-0.05, 0) is 55.7 Å². The molecule has 2 heteroatoms. The molecule has 0 aliphatic carbocycles. The molecule has 1 aromatic heterocycles. The van der Waals surface area contributed by atoms with Gasteiger partial charge in [0, 0.05) is 10.9 Å². The first-order valence-corrected chi connectivity index (χ1v) is 7.30. The summed E-state index contributed by atoms with van der Waals surface area (Å²) in [7, 11) is 0. The van der Waals surface area contributed by atoms with Gasteiger partial charge in [0.2, 0.25) is 0 Å². The Morgan fingerprint density at radius 2 is 2.06 bits per heavy atom. The summed E-state index contributed by atoms with van der Waals surface area (Å²) in [5, 5.41) is 5.88. The van der Waals surface area contributed by atoms with Gasteiger partial charge in [-0.2, -0.15) is 0 Å². The summed E-state index contributed by atoms with van der Waals surface area (Å²) in [4.78, 5) is 1.47. The molecule has 1 unspecified atom stereocenters. The first-order valence-electron chi connectivity index (χ1n) is 6.42. The van der Waals surface area contributed by atoms with Crippen molar-refractivity contribution < 1.29 is 0 Å². The average Bonchev–Trinajstić information content (AvgIpc) is 2.65. The smallest absolute Gasteiger partial charge is 0.0331 e. The molecule has 0 saturated heterocycles. The zero-order valence-corrected chi connectivity index (χ0v) is 11.9. The Morgan fingerprint density at radius 3 is 2.56 bits per heavy atom. The second-order valence-electron chi connectivity index (χ2n) is 4.91. The van der Waals surface area contributed by atoms with Gasteiger partial charge in [0.1, 0.15) is 0 Å². The lowest BCUT2D eigenvalue weighted by Gasteiger charge is -2.19. The number of nitrogens with one attached hydrogen (secondary N) is 1. The highest BCUT2D eigenvalue weighted by atomic mass is 32.1. The Bertz CT molecular complexity index is 291. The lowest BCUT2D eigenvalue weighted by molar-refractivity contribution is 0.440. The second kappa shape index (κ2) is 7.08. The molecular formula is C14H25NS. The molecule has 1 aromatic rings. The van der Waals surface area contributed by atoms with Crippen LogP contribution in [0.25, 0.3) is 0 Å². The lowest BCUT2D eigenvalue weighted by Crippen LogP contribution is -2.22. The Balaban J connectivity index is 2.60. The van der Waals surface area contributed by atoms with Crippen LogP contribution in [-0.2, 0) is 0 Å². The third kappa shape index (κ3) is 4.26. The quantitative estimate of drug-likeness (QED) is 0.737. The van der Waals surface area contributed by atoms with E-state index in [1.165, 1.54) is 29.7 Å². The molecule has 1 heterocycles. The lowest BCUT2D eigenvalue weighted by atomic mass is 9.98. The Kier molecular flexibility index (Phi) is 6.07. The van der Waals surface area contributed by atoms with E-state index < -0.39 is 0 Å². The van der Waals surface area contributed by atoms with E-state index in [0.29, 0.717) is 6.04 Å². The molecule has 0 aliphatic heterocycles. The van der Waals surface area contributed by atoms with Crippen LogP contribution in [0, 0.1) is 12.8 Å². The molecule has 16 heavy (non-hydrogen) atoms. The van der Waals surface area contributed by atoms with Crippen LogP contribution in [0.4, 0.5) is 0 Å². The van der Waals surface area contributed by atoms with Gasteiger partial charge < -0.3 is 5.32 Å². The van der Waals surface area contributed by atoms with Crippen LogP contribution >= 0.6 is 11.3 Å². The predicted molar refractivity (Wildman–Crippen MR) is 74.2 cm³/mol. The van der Waals surface area contributed by atoms with Crippen LogP contribution in [0.5, 0.6) is 0 Å². The molecule has 0 bridgehead atoms. The van der Waals surface area contributed by atoms with Crippen LogP contribution in [0.3, 0.4) is 0 Å². The van der Waals surface area contributed by atoms with E-state index in [2.05, 4.69) is 44.5 Å². The topological polar surface area (TPSA) is 12.0 Å². The first-order chi connectivity index (χ1) is 7.65. The minimum atomic E-state index is 0.564. The number of thiophene rings is 1. The van der Waals surface area contributed by atoms with Crippen LogP contribution < -0.4 is 5.32 Å². The molecule has 0 radical (unpaired) electrons. The fourth-order valence-corrected chi connectivity index (χ4v) is 2.71. The van der Waals surface area contributed by atoms with Crippen molar-refractivity contribution in [2.24, 2.45) is 5.92 Å². The molecule has 0 fully saturated rings. The maximum absolute atomic E-state index is 3.67. The van der Waals surface area contributed by atoms with Crippen molar-refractivity contribution in [3.63, 3.8) is 0 Å². The number of hydrogen-bond acceptors (Lipinski definition) is 2. The highest BCUT2D eigenvalue weighted by Gasteiger charge is 2.14. The summed E-state index contributed by atoms with van der Waals surface area (Å²) in [6, 6.07) is 2.85. The number of aryl methyl sites for hydroxylation is 1. The molecule has 1 rings (SSSR count). The zero-order chi connectivity index (χ0) is 12.0. The maximum atomic E-state index is 3.67. The Hall–Kier alpha value is -0.340. The van der Waals surface area contributed by atoms with Crippen molar-refractivity contribution >= 4 is 11.3 Å². The minimum Gasteiger partial charge on any atom is -0.310 e. The molecule has 0 aromatic carbocycles. The van der Waals surface area contributed by atoms with E-state index in [1.54, 1.807) is 0 Å². The molecule has 92 valence electrons. The fourth-order valence-electron chi connectivity index (χ4n) is 1.94. The van der Waals surface area contributed by atoms with Crippen molar-refractivity contribution in [3.8, 4) is 0 Å². The molecule has 0 amide bonds. The van der Waals surface area contributed by atoms with Gasteiger partial charge in [-0.3, -0.25) is 0 Å². The monoisotopic (exact) mass is 239 g/mol. The standard InChI is InChI=1S/C14H25NS/c1-5-9-15-14(7-6-11(2)3)13-8-10-16-12(13)4/h8,10-11,14-15H,5-7,9H2,1-4H3. The van der Waals surface area contributed by atoms with E-state index in [1.807, 2.05) is 11.3 Å². The van der Waals surface area contributed by atoms with E-state index >= 15 is 0 Å². The van der Waals surface area contributed by atoms with Gasteiger partial charge in [-0.15, -0.1) is 11.3 Å². The summed E-state index contributed by atoms with van der Waals surface area (Å²) in [6.45, 7) is 10.2. The highest BCUT2D eigenvalue weighted by Crippen LogP contribution is 2.27. The molecule has 1 nitrogen and oxygen atoms in total. The third-order valence-corrected chi connectivity index (χ3v) is 3.81. The summed E-state index contributed by atoms with van der Waals surface area (Å²) < 4.78 is 0. The van der Waals surface area contributed by atoms with Crippen LogP contribution in [0.15, 0.2) is 11.4 Å². The molecule has 0 aliphatic rings. The minimum absolute atomic E-state index is 0.564.